The van der Waals surface area contributed by atoms with Gasteiger partial charge in [0.2, 0.25) is 0 Å². The molecule has 0 aliphatic heterocycles. The van der Waals surface area contributed by atoms with Gasteiger partial charge in [-0.05, 0) is 24.1 Å². The molecule has 0 spiro atoms. The Hall–Kier alpha value is -0.860. The number of hydrogen-bond donors (Lipinski definition) is 1. The smallest absolute Gasteiger partial charge is 0.141 e. The maximum Gasteiger partial charge on any atom is 0.141 e. The lowest BCUT2D eigenvalue weighted by atomic mass is 10.1. The summed E-state index contributed by atoms with van der Waals surface area (Å²) in [5, 5.41) is 0.145. The largest absolute Gasteiger partial charge is 0.327 e. The molecule has 0 atom stereocenters. The van der Waals surface area contributed by atoms with Crippen molar-refractivity contribution in [2.45, 2.75) is 13.3 Å². The second-order valence-corrected chi connectivity index (χ2v) is 3.44. The van der Waals surface area contributed by atoms with Gasteiger partial charge in [-0.1, -0.05) is 36.2 Å². The van der Waals surface area contributed by atoms with Gasteiger partial charge in [-0.15, -0.1) is 0 Å². The first kappa shape index (κ1) is 11.2. The second-order valence-electron chi connectivity index (χ2n) is 3.03. The molecule has 3 heteroatoms. The molecule has 1 nitrogen and oxygen atoms in total. The molecular weight excluding hydrogens is 201 g/mol. The molecule has 0 saturated heterocycles. The van der Waals surface area contributed by atoms with Crippen LogP contribution in [0, 0.1) is 5.82 Å². The summed E-state index contributed by atoms with van der Waals surface area (Å²) in [6.07, 6.45) is 2.83. The van der Waals surface area contributed by atoms with Crippen LogP contribution in [0.4, 0.5) is 4.39 Å². The summed E-state index contributed by atoms with van der Waals surface area (Å²) >= 11 is 5.65. The van der Waals surface area contributed by atoms with E-state index >= 15 is 0 Å². The van der Waals surface area contributed by atoms with Gasteiger partial charge in [0.15, 0.2) is 0 Å². The van der Waals surface area contributed by atoms with Crippen molar-refractivity contribution in [3.63, 3.8) is 0 Å². The lowest BCUT2D eigenvalue weighted by molar-refractivity contribution is 0.628. The van der Waals surface area contributed by atoms with Gasteiger partial charge in [0, 0.05) is 6.54 Å². The van der Waals surface area contributed by atoms with Crippen molar-refractivity contribution in [3.05, 3.63) is 40.2 Å². The van der Waals surface area contributed by atoms with Gasteiger partial charge in [0.05, 0.1) is 5.02 Å². The SMILES string of the molecule is CC/C(=C/c1ccc(F)c(Cl)c1)CN. The fourth-order valence-electron chi connectivity index (χ4n) is 1.14. The fraction of sp³-hybridized carbons (Fsp3) is 0.273. The van der Waals surface area contributed by atoms with Crippen LogP contribution in [0.2, 0.25) is 5.02 Å². The van der Waals surface area contributed by atoms with Gasteiger partial charge in [-0.25, -0.2) is 4.39 Å². The van der Waals surface area contributed by atoms with E-state index in [1.165, 1.54) is 6.07 Å². The third kappa shape index (κ3) is 2.82. The van der Waals surface area contributed by atoms with E-state index in [1.54, 1.807) is 12.1 Å². The molecule has 0 aromatic heterocycles. The first-order valence-electron chi connectivity index (χ1n) is 4.52. The lowest BCUT2D eigenvalue weighted by Crippen LogP contribution is -2.01. The Labute approximate surface area is 88.4 Å². The number of rotatable bonds is 3. The Morgan fingerprint density at radius 1 is 1.57 bits per heavy atom. The first-order valence-corrected chi connectivity index (χ1v) is 4.89. The molecule has 0 radical (unpaired) electrons. The summed E-state index contributed by atoms with van der Waals surface area (Å²) in [5.41, 5.74) is 7.53. The maximum absolute atomic E-state index is 12.8. The Balaban J connectivity index is 2.97. The minimum absolute atomic E-state index is 0.145. The van der Waals surface area contributed by atoms with Gasteiger partial charge in [-0.2, -0.15) is 0 Å². The lowest BCUT2D eigenvalue weighted by Gasteiger charge is -2.01. The molecule has 0 aliphatic carbocycles. The van der Waals surface area contributed by atoms with Gasteiger partial charge >= 0.3 is 0 Å². The van der Waals surface area contributed by atoms with E-state index in [4.69, 9.17) is 17.3 Å². The van der Waals surface area contributed by atoms with Crippen molar-refractivity contribution >= 4 is 17.7 Å². The van der Waals surface area contributed by atoms with E-state index in [1.807, 2.05) is 13.0 Å². The van der Waals surface area contributed by atoms with Crippen LogP contribution in [-0.2, 0) is 0 Å². The number of hydrogen-bond acceptors (Lipinski definition) is 1. The molecule has 1 rings (SSSR count). The van der Waals surface area contributed by atoms with Crippen LogP contribution >= 0.6 is 11.6 Å². The molecular formula is C11H13ClFN. The molecule has 1 aromatic rings. The van der Waals surface area contributed by atoms with Crippen LogP contribution < -0.4 is 5.73 Å². The van der Waals surface area contributed by atoms with Crippen molar-refractivity contribution in [3.8, 4) is 0 Å². The third-order valence-corrected chi connectivity index (χ3v) is 2.32. The zero-order valence-corrected chi connectivity index (χ0v) is 8.81. The topological polar surface area (TPSA) is 26.0 Å². The predicted molar refractivity (Wildman–Crippen MR) is 58.7 cm³/mol. The standard InChI is InChI=1S/C11H13ClFN/c1-2-8(7-14)5-9-3-4-11(13)10(12)6-9/h3-6H,2,7,14H2,1H3/b8-5-. The summed E-state index contributed by atoms with van der Waals surface area (Å²) in [7, 11) is 0. The van der Waals surface area contributed by atoms with Crippen molar-refractivity contribution in [2.24, 2.45) is 5.73 Å². The van der Waals surface area contributed by atoms with E-state index in [0.29, 0.717) is 6.54 Å². The first-order chi connectivity index (χ1) is 6.67. The summed E-state index contributed by atoms with van der Waals surface area (Å²) in [6, 6.07) is 4.65. The highest BCUT2D eigenvalue weighted by Crippen LogP contribution is 2.18. The highest BCUT2D eigenvalue weighted by molar-refractivity contribution is 6.30. The molecule has 0 saturated carbocycles. The molecule has 1 aromatic carbocycles. The van der Waals surface area contributed by atoms with E-state index in [2.05, 4.69) is 0 Å². The molecule has 76 valence electrons. The van der Waals surface area contributed by atoms with Gasteiger partial charge in [0.1, 0.15) is 5.82 Å². The monoisotopic (exact) mass is 213 g/mol. The van der Waals surface area contributed by atoms with Gasteiger partial charge < -0.3 is 5.73 Å². The summed E-state index contributed by atoms with van der Waals surface area (Å²) < 4.78 is 12.8. The molecule has 2 N–H and O–H groups in total. The van der Waals surface area contributed by atoms with Crippen LogP contribution in [-0.4, -0.2) is 6.54 Å². The molecule has 0 bridgehead atoms. The highest BCUT2D eigenvalue weighted by Gasteiger charge is 1.99. The maximum atomic E-state index is 12.8. The Morgan fingerprint density at radius 3 is 2.79 bits per heavy atom. The average molecular weight is 214 g/mol. The highest BCUT2D eigenvalue weighted by atomic mass is 35.5. The van der Waals surface area contributed by atoms with Crippen molar-refractivity contribution in [1.82, 2.24) is 0 Å². The fourth-order valence-corrected chi connectivity index (χ4v) is 1.33. The zero-order valence-electron chi connectivity index (χ0n) is 8.06. The molecule has 0 fully saturated rings. The molecule has 0 aliphatic rings. The van der Waals surface area contributed by atoms with Crippen LogP contribution in [0.3, 0.4) is 0 Å². The quantitative estimate of drug-likeness (QED) is 0.820. The minimum atomic E-state index is -0.394. The summed E-state index contributed by atoms with van der Waals surface area (Å²) in [4.78, 5) is 0. The van der Waals surface area contributed by atoms with E-state index in [0.717, 1.165) is 17.6 Å². The van der Waals surface area contributed by atoms with Crippen LogP contribution in [0.5, 0.6) is 0 Å². The summed E-state index contributed by atoms with van der Waals surface area (Å²) in [5.74, 6) is -0.394. The van der Waals surface area contributed by atoms with E-state index in [-0.39, 0.29) is 5.02 Å². The number of benzene rings is 1. The van der Waals surface area contributed by atoms with Crippen LogP contribution in [0.1, 0.15) is 18.9 Å². The second kappa shape index (κ2) is 5.13. The van der Waals surface area contributed by atoms with Crippen LogP contribution in [0.25, 0.3) is 6.08 Å². The number of halogens is 2. The van der Waals surface area contributed by atoms with Crippen molar-refractivity contribution in [1.29, 1.82) is 0 Å². The third-order valence-electron chi connectivity index (χ3n) is 2.03. The van der Waals surface area contributed by atoms with Crippen molar-refractivity contribution in [2.75, 3.05) is 6.54 Å². The van der Waals surface area contributed by atoms with Crippen LogP contribution in [0.15, 0.2) is 23.8 Å². The Kier molecular flexibility index (Phi) is 4.11. The average Bonchev–Trinajstić information content (AvgIpc) is 2.19. The molecule has 0 unspecified atom stereocenters. The Morgan fingerprint density at radius 2 is 2.29 bits per heavy atom. The van der Waals surface area contributed by atoms with Gasteiger partial charge in [-0.3, -0.25) is 0 Å². The molecule has 0 heterocycles. The van der Waals surface area contributed by atoms with Crippen molar-refractivity contribution < 1.29 is 4.39 Å². The van der Waals surface area contributed by atoms with E-state index in [9.17, 15) is 4.39 Å². The predicted octanol–water partition coefficient (Wildman–Crippen LogP) is 3.23. The van der Waals surface area contributed by atoms with E-state index < -0.39 is 5.82 Å². The molecule has 14 heavy (non-hydrogen) atoms. The van der Waals surface area contributed by atoms with Gasteiger partial charge in [0.25, 0.3) is 0 Å². The zero-order chi connectivity index (χ0) is 10.6. The normalized spacial score (nSPS) is 11.9. The Bertz CT molecular complexity index is 341. The minimum Gasteiger partial charge on any atom is -0.327 e. The molecule has 0 amide bonds. The number of nitrogens with two attached hydrogens (primary N) is 1. The summed E-state index contributed by atoms with van der Waals surface area (Å²) in [6.45, 7) is 2.55.